The summed E-state index contributed by atoms with van der Waals surface area (Å²) in [5.41, 5.74) is 0. The third-order valence-corrected chi connectivity index (χ3v) is 5.77. The SMILES string of the molecule is C#CCOCCOCCOCCOCCO[C@@H]1O[C@H](CO)[C@@H](O[C@H]2O[C@H](CO)[C@H](O)[C@H](O)[C@H]2O)[C@H](O)[C@H]1O. The smallest absolute Gasteiger partial charge is 0.187 e. The molecule has 2 aliphatic rings. The van der Waals surface area contributed by atoms with Gasteiger partial charge in [0.25, 0.3) is 0 Å². The van der Waals surface area contributed by atoms with E-state index in [0.29, 0.717) is 33.0 Å². The van der Waals surface area contributed by atoms with E-state index >= 15 is 0 Å². The molecule has 0 spiro atoms. The topological polar surface area (TPSA) is 215 Å². The lowest BCUT2D eigenvalue weighted by Crippen LogP contribution is -2.64. The number of ether oxygens (including phenoxy) is 8. The summed E-state index contributed by atoms with van der Waals surface area (Å²) in [6.07, 6.45) is -9.99. The van der Waals surface area contributed by atoms with Gasteiger partial charge in [-0.05, 0) is 0 Å². The predicted molar refractivity (Wildman–Crippen MR) is 124 cm³/mol. The molecule has 0 bridgehead atoms. The van der Waals surface area contributed by atoms with E-state index in [1.165, 1.54) is 0 Å². The summed E-state index contributed by atoms with van der Waals surface area (Å²) >= 11 is 0. The maximum absolute atomic E-state index is 10.6. The van der Waals surface area contributed by atoms with E-state index in [9.17, 15) is 35.7 Å². The van der Waals surface area contributed by atoms with Crippen LogP contribution in [0.3, 0.4) is 0 Å². The second kappa shape index (κ2) is 18.3. The van der Waals surface area contributed by atoms with E-state index in [1.54, 1.807) is 0 Å². The minimum Gasteiger partial charge on any atom is -0.394 e. The molecule has 0 unspecified atom stereocenters. The maximum Gasteiger partial charge on any atom is 0.187 e. The molecule has 10 atom stereocenters. The summed E-state index contributed by atoms with van der Waals surface area (Å²) in [7, 11) is 0. The number of terminal acetylenes is 1. The molecule has 2 aliphatic heterocycles. The second-order valence-electron chi connectivity index (χ2n) is 8.47. The van der Waals surface area contributed by atoms with Gasteiger partial charge in [0.15, 0.2) is 12.6 Å². The minimum absolute atomic E-state index is 0.00834. The molecule has 0 aromatic heterocycles. The van der Waals surface area contributed by atoms with Crippen LogP contribution in [0.4, 0.5) is 0 Å². The average molecular weight is 557 g/mol. The normalized spacial score (nSPS) is 35.7. The maximum atomic E-state index is 10.6. The van der Waals surface area contributed by atoms with Crippen molar-refractivity contribution in [2.45, 2.75) is 61.4 Å². The molecule has 7 N–H and O–H groups in total. The van der Waals surface area contributed by atoms with E-state index in [4.69, 9.17) is 44.3 Å². The van der Waals surface area contributed by atoms with Crippen LogP contribution in [-0.4, -0.2) is 170 Å². The van der Waals surface area contributed by atoms with Crippen LogP contribution in [0.5, 0.6) is 0 Å². The molecular formula is C23H40O15. The molecule has 2 heterocycles. The van der Waals surface area contributed by atoms with Crippen molar-refractivity contribution in [3.8, 4) is 12.3 Å². The highest BCUT2D eigenvalue weighted by Gasteiger charge is 2.50. The third-order valence-electron chi connectivity index (χ3n) is 5.77. The van der Waals surface area contributed by atoms with Crippen LogP contribution in [0, 0.1) is 12.3 Å². The van der Waals surface area contributed by atoms with Gasteiger partial charge >= 0.3 is 0 Å². The Morgan fingerprint density at radius 1 is 0.579 bits per heavy atom. The van der Waals surface area contributed by atoms with Crippen LogP contribution in [0.2, 0.25) is 0 Å². The van der Waals surface area contributed by atoms with Gasteiger partial charge in [-0.25, -0.2) is 0 Å². The molecule has 15 heteroatoms. The second-order valence-corrected chi connectivity index (χ2v) is 8.47. The monoisotopic (exact) mass is 556 g/mol. The molecule has 38 heavy (non-hydrogen) atoms. The predicted octanol–water partition coefficient (Wildman–Crippen LogP) is -4.67. The van der Waals surface area contributed by atoms with Gasteiger partial charge in [-0.3, -0.25) is 0 Å². The summed E-state index contributed by atoms with van der Waals surface area (Å²) in [4.78, 5) is 0. The Labute approximate surface area is 220 Å². The van der Waals surface area contributed by atoms with Gasteiger partial charge in [0.1, 0.15) is 55.4 Å². The van der Waals surface area contributed by atoms with Gasteiger partial charge in [0.05, 0.1) is 66.1 Å². The van der Waals surface area contributed by atoms with Crippen LogP contribution >= 0.6 is 0 Å². The fourth-order valence-electron chi connectivity index (χ4n) is 3.71. The number of rotatable bonds is 18. The highest BCUT2D eigenvalue weighted by atomic mass is 16.7. The van der Waals surface area contributed by atoms with Crippen molar-refractivity contribution >= 4 is 0 Å². The fourth-order valence-corrected chi connectivity index (χ4v) is 3.71. The first-order valence-corrected chi connectivity index (χ1v) is 12.3. The zero-order chi connectivity index (χ0) is 27.9. The Hall–Kier alpha value is -1.04. The van der Waals surface area contributed by atoms with E-state index < -0.39 is 74.6 Å². The summed E-state index contributed by atoms with van der Waals surface area (Å²) in [5, 5.41) is 70.0. The zero-order valence-corrected chi connectivity index (χ0v) is 21.0. The summed E-state index contributed by atoms with van der Waals surface area (Å²) < 4.78 is 42.7. The molecule has 0 aliphatic carbocycles. The van der Waals surface area contributed by atoms with Gasteiger partial charge in [-0.2, -0.15) is 0 Å². The molecule has 0 amide bonds. The van der Waals surface area contributed by atoms with E-state index in [2.05, 4.69) is 5.92 Å². The first-order chi connectivity index (χ1) is 18.3. The first kappa shape index (κ1) is 33.2. The van der Waals surface area contributed by atoms with Crippen molar-refractivity contribution in [1.82, 2.24) is 0 Å². The van der Waals surface area contributed by atoms with Gasteiger partial charge in [-0.1, -0.05) is 5.92 Å². The van der Waals surface area contributed by atoms with Crippen molar-refractivity contribution in [2.24, 2.45) is 0 Å². The van der Waals surface area contributed by atoms with E-state index in [-0.39, 0.29) is 26.4 Å². The van der Waals surface area contributed by atoms with Gasteiger partial charge in [0.2, 0.25) is 0 Å². The highest BCUT2D eigenvalue weighted by molar-refractivity contribution is 4.94. The summed E-state index contributed by atoms with van der Waals surface area (Å²) in [6.45, 7) is 1.24. The lowest BCUT2D eigenvalue weighted by molar-refractivity contribution is -0.359. The third kappa shape index (κ3) is 10.2. The molecule has 0 radical (unpaired) electrons. The lowest BCUT2D eigenvalue weighted by atomic mass is 9.97. The average Bonchev–Trinajstić information content (AvgIpc) is 2.92. The number of hydrogen-bond acceptors (Lipinski definition) is 15. The molecule has 0 aromatic rings. The Balaban J connectivity index is 1.65. The zero-order valence-electron chi connectivity index (χ0n) is 21.0. The lowest BCUT2D eigenvalue weighted by Gasteiger charge is -2.45. The minimum atomic E-state index is -1.74. The van der Waals surface area contributed by atoms with Gasteiger partial charge in [0, 0.05) is 0 Å². The van der Waals surface area contributed by atoms with Gasteiger partial charge in [-0.15, -0.1) is 6.42 Å². The van der Waals surface area contributed by atoms with Crippen molar-refractivity contribution in [1.29, 1.82) is 0 Å². The molecule has 2 fully saturated rings. The first-order valence-electron chi connectivity index (χ1n) is 12.3. The van der Waals surface area contributed by atoms with Crippen molar-refractivity contribution < 1.29 is 73.6 Å². The quantitative estimate of drug-likeness (QED) is 0.0624. The standard InChI is InChI=1S/C23H40O15/c1-2-3-31-4-5-32-6-7-33-8-9-34-10-11-35-22-20(30)18(28)21(15(13-25)37-22)38-23-19(29)17(27)16(26)14(12-24)36-23/h1,14-30H,3-13H2/t14-,15-,16+,17+,18-,19-,20-,21-,22-,23-/m1/s1. The molecule has 2 rings (SSSR count). The van der Waals surface area contributed by atoms with Crippen molar-refractivity contribution in [3.05, 3.63) is 0 Å². The molecule has 2 saturated heterocycles. The number of hydrogen-bond donors (Lipinski definition) is 7. The Morgan fingerprint density at radius 3 is 1.63 bits per heavy atom. The highest BCUT2D eigenvalue weighted by Crippen LogP contribution is 2.29. The van der Waals surface area contributed by atoms with Crippen LogP contribution < -0.4 is 0 Å². The summed E-state index contributed by atoms with van der Waals surface area (Å²) in [5.74, 6) is 2.35. The summed E-state index contributed by atoms with van der Waals surface area (Å²) in [6, 6.07) is 0. The van der Waals surface area contributed by atoms with Crippen LogP contribution in [-0.2, 0) is 37.9 Å². The van der Waals surface area contributed by atoms with Crippen molar-refractivity contribution in [3.63, 3.8) is 0 Å². The number of aliphatic hydroxyl groups excluding tert-OH is 7. The Morgan fingerprint density at radius 2 is 1.08 bits per heavy atom. The number of aliphatic hydroxyl groups is 7. The molecule has 0 saturated carbocycles. The van der Waals surface area contributed by atoms with Crippen LogP contribution in [0.15, 0.2) is 0 Å². The largest absolute Gasteiger partial charge is 0.394 e. The molecular weight excluding hydrogens is 516 g/mol. The van der Waals surface area contributed by atoms with Crippen molar-refractivity contribution in [2.75, 3.05) is 72.7 Å². The Bertz CT molecular complexity index is 659. The molecule has 0 aromatic carbocycles. The van der Waals surface area contributed by atoms with E-state index in [1.807, 2.05) is 0 Å². The van der Waals surface area contributed by atoms with Crippen LogP contribution in [0.25, 0.3) is 0 Å². The molecule has 222 valence electrons. The van der Waals surface area contributed by atoms with Gasteiger partial charge < -0.3 is 73.6 Å². The Kier molecular flexibility index (Phi) is 16.0. The van der Waals surface area contributed by atoms with Crippen LogP contribution in [0.1, 0.15) is 0 Å². The van der Waals surface area contributed by atoms with E-state index in [0.717, 1.165) is 0 Å². The molecule has 15 nitrogen and oxygen atoms in total. The fraction of sp³-hybridized carbons (Fsp3) is 0.913.